The summed E-state index contributed by atoms with van der Waals surface area (Å²) < 4.78 is 7.87. The molecule has 1 aliphatic rings. The Labute approximate surface area is 149 Å². The van der Waals surface area contributed by atoms with Crippen molar-refractivity contribution in [1.82, 2.24) is 9.55 Å². The molecule has 4 nitrogen and oxygen atoms in total. The average molecular weight is 350 g/mol. The zero-order valence-corrected chi connectivity index (χ0v) is 15.0. The number of nitrogens with zero attached hydrogens (tertiary/aromatic N) is 2. The molecular formula is C20H18N2O2S. The molecule has 0 aliphatic heterocycles. The normalized spacial score (nSPS) is 14.5. The van der Waals surface area contributed by atoms with E-state index in [0.717, 1.165) is 39.9 Å². The third-order valence-electron chi connectivity index (χ3n) is 4.48. The van der Waals surface area contributed by atoms with E-state index in [0.29, 0.717) is 4.70 Å². The second kappa shape index (κ2) is 6.33. The Kier molecular flexibility index (Phi) is 4.01. The van der Waals surface area contributed by atoms with E-state index in [1.807, 2.05) is 24.4 Å². The number of pyridine rings is 2. The van der Waals surface area contributed by atoms with Crippen LogP contribution in [0.5, 0.6) is 5.75 Å². The van der Waals surface area contributed by atoms with Crippen LogP contribution in [-0.2, 0) is 0 Å². The van der Waals surface area contributed by atoms with Gasteiger partial charge in [0.15, 0.2) is 0 Å². The molecule has 3 aromatic rings. The van der Waals surface area contributed by atoms with Crippen molar-refractivity contribution in [3.63, 3.8) is 0 Å². The van der Waals surface area contributed by atoms with Crippen molar-refractivity contribution >= 4 is 37.3 Å². The van der Waals surface area contributed by atoms with E-state index in [4.69, 9.17) is 4.74 Å². The largest absolute Gasteiger partial charge is 0.496 e. The molecule has 0 N–H and O–H groups in total. The van der Waals surface area contributed by atoms with Crippen LogP contribution in [0.25, 0.3) is 26.0 Å². The van der Waals surface area contributed by atoms with E-state index in [9.17, 15) is 4.79 Å². The minimum absolute atomic E-state index is 0.0154. The molecule has 126 valence electrons. The molecule has 0 aromatic carbocycles. The fourth-order valence-corrected chi connectivity index (χ4v) is 4.22. The Bertz CT molecular complexity index is 1120. The van der Waals surface area contributed by atoms with E-state index in [1.165, 1.54) is 16.9 Å². The van der Waals surface area contributed by atoms with Gasteiger partial charge in [0.2, 0.25) is 0 Å². The smallest absolute Gasteiger partial charge is 0.273 e. The number of thiophene rings is 1. The van der Waals surface area contributed by atoms with Crippen LogP contribution in [0.1, 0.15) is 19.8 Å². The Morgan fingerprint density at radius 2 is 2.16 bits per heavy atom. The van der Waals surface area contributed by atoms with E-state index >= 15 is 0 Å². The van der Waals surface area contributed by atoms with Crippen molar-refractivity contribution in [3.8, 4) is 5.75 Å². The van der Waals surface area contributed by atoms with Crippen molar-refractivity contribution in [2.45, 2.75) is 19.8 Å². The maximum absolute atomic E-state index is 13.1. The molecule has 3 heterocycles. The van der Waals surface area contributed by atoms with Crippen LogP contribution in [0.2, 0.25) is 0 Å². The van der Waals surface area contributed by atoms with Crippen LogP contribution >= 0.6 is 11.3 Å². The summed E-state index contributed by atoms with van der Waals surface area (Å²) in [5, 5.41) is 1.81. The van der Waals surface area contributed by atoms with Crippen molar-refractivity contribution in [2.24, 2.45) is 0 Å². The fourth-order valence-electron chi connectivity index (χ4n) is 3.13. The second-order valence-electron chi connectivity index (χ2n) is 5.86. The number of allylic oxidation sites excluding steroid dienone is 6. The van der Waals surface area contributed by atoms with Gasteiger partial charge in [-0.1, -0.05) is 30.7 Å². The second-order valence-corrected chi connectivity index (χ2v) is 6.86. The first-order chi connectivity index (χ1) is 12.2. The summed E-state index contributed by atoms with van der Waals surface area (Å²) in [6, 6.07) is 3.81. The van der Waals surface area contributed by atoms with Gasteiger partial charge in [-0.15, -0.1) is 11.3 Å². The number of methoxy groups -OCH3 is 1. The van der Waals surface area contributed by atoms with Gasteiger partial charge >= 0.3 is 0 Å². The van der Waals surface area contributed by atoms with E-state index in [2.05, 4.69) is 30.1 Å². The summed E-state index contributed by atoms with van der Waals surface area (Å²) in [6.45, 7) is 2.14. The summed E-state index contributed by atoms with van der Waals surface area (Å²) in [4.78, 5) is 18.3. The van der Waals surface area contributed by atoms with Gasteiger partial charge in [-0.3, -0.25) is 9.36 Å². The number of aromatic nitrogens is 2. The van der Waals surface area contributed by atoms with Crippen LogP contribution < -0.4 is 10.3 Å². The third-order valence-corrected chi connectivity index (χ3v) is 5.58. The summed E-state index contributed by atoms with van der Waals surface area (Å²) in [6.07, 6.45) is 13.8. The fraction of sp³-hybridized carbons (Fsp3) is 0.200. The Hall–Kier alpha value is -2.66. The van der Waals surface area contributed by atoms with Crippen molar-refractivity contribution in [3.05, 3.63) is 64.8 Å². The molecule has 4 rings (SSSR count). The van der Waals surface area contributed by atoms with Gasteiger partial charge < -0.3 is 4.74 Å². The number of hydrogen-bond donors (Lipinski definition) is 0. The molecule has 0 saturated heterocycles. The van der Waals surface area contributed by atoms with Crippen LogP contribution in [0.3, 0.4) is 0 Å². The summed E-state index contributed by atoms with van der Waals surface area (Å²) in [7, 11) is 1.64. The van der Waals surface area contributed by atoms with Gasteiger partial charge in [-0.2, -0.15) is 0 Å². The molecule has 0 unspecified atom stereocenters. The standard InChI is InChI=1S/C20H18N2O2S/c1-3-13-5-4-6-14(8-7-13)22-12-10-15-17-16(24-2)9-11-21-19(17)25-18(15)20(22)23/h5-12H,3-4H2,1-2H3. The predicted octanol–water partition coefficient (Wildman–Crippen LogP) is 4.76. The van der Waals surface area contributed by atoms with Crippen molar-refractivity contribution in [1.29, 1.82) is 0 Å². The first-order valence-corrected chi connectivity index (χ1v) is 9.09. The molecule has 0 saturated carbocycles. The number of fused-ring (bicyclic) bond motifs is 3. The predicted molar refractivity (Wildman–Crippen MR) is 104 cm³/mol. The number of hydrogen-bond acceptors (Lipinski definition) is 4. The summed E-state index contributed by atoms with van der Waals surface area (Å²) >= 11 is 1.42. The number of rotatable bonds is 3. The number of ether oxygens (including phenoxy) is 1. The van der Waals surface area contributed by atoms with Gasteiger partial charge in [0.1, 0.15) is 15.3 Å². The third kappa shape index (κ3) is 2.61. The SMILES string of the molecule is CCC1=CCC=C(n2ccc3c(sc4nccc(OC)c43)c2=O)C=C1. The quantitative estimate of drug-likeness (QED) is 0.684. The summed E-state index contributed by atoms with van der Waals surface area (Å²) in [5.41, 5.74) is 2.18. The lowest BCUT2D eigenvalue weighted by atomic mass is 10.2. The van der Waals surface area contributed by atoms with Gasteiger partial charge in [0, 0.05) is 23.5 Å². The highest BCUT2D eigenvalue weighted by Crippen LogP contribution is 2.36. The topological polar surface area (TPSA) is 44.1 Å². The molecule has 0 radical (unpaired) electrons. The summed E-state index contributed by atoms with van der Waals surface area (Å²) in [5.74, 6) is 0.749. The lowest BCUT2D eigenvalue weighted by Gasteiger charge is -2.06. The highest BCUT2D eigenvalue weighted by Gasteiger charge is 2.15. The molecule has 3 aromatic heterocycles. The average Bonchev–Trinajstić information content (AvgIpc) is 2.86. The van der Waals surface area contributed by atoms with Crippen molar-refractivity contribution in [2.75, 3.05) is 7.11 Å². The lowest BCUT2D eigenvalue weighted by Crippen LogP contribution is -2.17. The lowest BCUT2D eigenvalue weighted by molar-refractivity contribution is 0.420. The molecule has 0 atom stereocenters. The minimum Gasteiger partial charge on any atom is -0.496 e. The minimum atomic E-state index is -0.0154. The maximum Gasteiger partial charge on any atom is 0.273 e. The molecule has 0 bridgehead atoms. The molecule has 25 heavy (non-hydrogen) atoms. The molecular weight excluding hydrogens is 332 g/mol. The van der Waals surface area contributed by atoms with E-state index in [1.54, 1.807) is 17.9 Å². The molecule has 0 amide bonds. The zero-order valence-electron chi connectivity index (χ0n) is 14.2. The highest BCUT2D eigenvalue weighted by molar-refractivity contribution is 7.25. The van der Waals surface area contributed by atoms with Crippen molar-refractivity contribution < 1.29 is 4.74 Å². The van der Waals surface area contributed by atoms with Gasteiger partial charge in [0.05, 0.1) is 12.5 Å². The Morgan fingerprint density at radius 1 is 1.28 bits per heavy atom. The molecule has 5 heteroatoms. The first kappa shape index (κ1) is 15.8. The van der Waals surface area contributed by atoms with Gasteiger partial charge in [0.25, 0.3) is 5.56 Å². The first-order valence-electron chi connectivity index (χ1n) is 8.27. The molecule has 0 fully saturated rings. The van der Waals surface area contributed by atoms with Crippen LogP contribution in [-0.4, -0.2) is 16.7 Å². The molecule has 0 spiro atoms. The van der Waals surface area contributed by atoms with Crippen LogP contribution in [0, 0.1) is 0 Å². The van der Waals surface area contributed by atoms with E-state index in [-0.39, 0.29) is 5.56 Å². The highest BCUT2D eigenvalue weighted by atomic mass is 32.1. The maximum atomic E-state index is 13.1. The Morgan fingerprint density at radius 3 is 2.96 bits per heavy atom. The van der Waals surface area contributed by atoms with E-state index < -0.39 is 0 Å². The van der Waals surface area contributed by atoms with Gasteiger partial charge in [-0.05, 0) is 31.1 Å². The monoisotopic (exact) mass is 350 g/mol. The Balaban J connectivity index is 1.91. The zero-order chi connectivity index (χ0) is 17.4. The van der Waals surface area contributed by atoms with Crippen LogP contribution in [0.15, 0.2) is 59.2 Å². The van der Waals surface area contributed by atoms with Gasteiger partial charge in [-0.25, -0.2) is 4.98 Å². The molecule has 1 aliphatic carbocycles. The van der Waals surface area contributed by atoms with Crippen LogP contribution in [0.4, 0.5) is 0 Å².